The normalized spacial score (nSPS) is 18.4. The van der Waals surface area contributed by atoms with Crippen LogP contribution in [-0.2, 0) is 11.2 Å². The van der Waals surface area contributed by atoms with Crippen molar-refractivity contribution in [3.63, 3.8) is 0 Å². The number of hydrogen-bond donors (Lipinski definition) is 0. The van der Waals surface area contributed by atoms with Gasteiger partial charge in [0.2, 0.25) is 0 Å². The molecule has 0 aliphatic carbocycles. The maximum atomic E-state index is 11.6. The summed E-state index contributed by atoms with van der Waals surface area (Å²) < 4.78 is 5.57. The lowest BCUT2D eigenvalue weighted by molar-refractivity contribution is -0.125. The minimum atomic E-state index is -0.293. The van der Waals surface area contributed by atoms with Gasteiger partial charge in [-0.1, -0.05) is 18.5 Å². The number of hydrogen-bond acceptors (Lipinski definition) is 2. The average Bonchev–Trinajstić information content (AvgIpc) is 2.60. The Kier molecular flexibility index (Phi) is 2.96. The lowest BCUT2D eigenvalue weighted by Gasteiger charge is -2.07. The molecule has 1 heterocycles. The van der Waals surface area contributed by atoms with E-state index in [4.69, 9.17) is 16.3 Å². The molecule has 1 aliphatic heterocycles. The first-order chi connectivity index (χ1) is 7.20. The summed E-state index contributed by atoms with van der Waals surface area (Å²) in [5.41, 5.74) is 1.04. The van der Waals surface area contributed by atoms with Crippen LogP contribution in [0.4, 0.5) is 0 Å². The van der Waals surface area contributed by atoms with Crippen molar-refractivity contribution < 1.29 is 9.53 Å². The summed E-state index contributed by atoms with van der Waals surface area (Å²) in [4.78, 5) is 11.6. The fourth-order valence-electron chi connectivity index (χ4n) is 1.80. The molecule has 2 nitrogen and oxygen atoms in total. The first-order valence-corrected chi connectivity index (χ1v) is 5.56. The predicted molar refractivity (Wildman–Crippen MR) is 59.5 cm³/mol. The summed E-state index contributed by atoms with van der Waals surface area (Å²) in [5, 5.41) is 0.695. The smallest absolute Gasteiger partial charge is 0.173 e. The largest absolute Gasteiger partial charge is 0.482 e. The second-order valence-corrected chi connectivity index (χ2v) is 4.22. The monoisotopic (exact) mass is 224 g/mol. The summed E-state index contributed by atoms with van der Waals surface area (Å²) in [7, 11) is 0. The number of ketones is 1. The van der Waals surface area contributed by atoms with Crippen molar-refractivity contribution in [3.8, 4) is 5.75 Å². The van der Waals surface area contributed by atoms with Gasteiger partial charge in [0.25, 0.3) is 0 Å². The molecule has 0 N–H and O–H groups in total. The van der Waals surface area contributed by atoms with Gasteiger partial charge >= 0.3 is 0 Å². The quantitative estimate of drug-likeness (QED) is 0.789. The zero-order chi connectivity index (χ0) is 10.8. The van der Waals surface area contributed by atoms with Gasteiger partial charge in [-0.2, -0.15) is 0 Å². The third-order valence-electron chi connectivity index (χ3n) is 2.55. The molecule has 1 unspecified atom stereocenters. The van der Waals surface area contributed by atoms with E-state index < -0.39 is 0 Å². The van der Waals surface area contributed by atoms with E-state index in [1.54, 1.807) is 6.07 Å². The van der Waals surface area contributed by atoms with Gasteiger partial charge in [0.15, 0.2) is 11.9 Å². The molecule has 1 aromatic rings. The number of halogens is 1. The summed E-state index contributed by atoms with van der Waals surface area (Å²) >= 11 is 5.87. The van der Waals surface area contributed by atoms with E-state index in [1.165, 1.54) is 0 Å². The molecule has 0 fully saturated rings. The molecule has 0 saturated heterocycles. The minimum absolute atomic E-state index is 0.185. The highest BCUT2D eigenvalue weighted by Gasteiger charge is 2.28. The third kappa shape index (κ3) is 2.15. The predicted octanol–water partition coefficient (Wildman–Crippen LogP) is 3.01. The van der Waals surface area contributed by atoms with Gasteiger partial charge in [0.1, 0.15) is 5.75 Å². The van der Waals surface area contributed by atoms with Gasteiger partial charge in [0, 0.05) is 17.9 Å². The molecular formula is C12H13ClO2. The molecule has 1 aromatic carbocycles. The SMILES string of the molecule is CCCC(=O)C1Cc2cc(Cl)ccc2O1. The maximum absolute atomic E-state index is 11.6. The molecule has 0 aromatic heterocycles. The van der Waals surface area contributed by atoms with Crippen molar-refractivity contribution in [2.45, 2.75) is 32.3 Å². The van der Waals surface area contributed by atoms with E-state index in [-0.39, 0.29) is 11.9 Å². The van der Waals surface area contributed by atoms with Crippen molar-refractivity contribution in [1.29, 1.82) is 0 Å². The van der Waals surface area contributed by atoms with Gasteiger partial charge in [-0.05, 0) is 30.2 Å². The third-order valence-corrected chi connectivity index (χ3v) is 2.79. The molecule has 0 saturated carbocycles. The highest BCUT2D eigenvalue weighted by Crippen LogP contribution is 2.31. The second kappa shape index (κ2) is 4.23. The van der Waals surface area contributed by atoms with Crippen LogP contribution in [0.3, 0.4) is 0 Å². The minimum Gasteiger partial charge on any atom is -0.482 e. The molecular weight excluding hydrogens is 212 g/mol. The first kappa shape index (κ1) is 10.5. The summed E-state index contributed by atoms with van der Waals surface area (Å²) in [5.74, 6) is 0.985. The molecule has 15 heavy (non-hydrogen) atoms. The van der Waals surface area contributed by atoms with Crippen molar-refractivity contribution in [2.75, 3.05) is 0 Å². The maximum Gasteiger partial charge on any atom is 0.173 e. The van der Waals surface area contributed by atoms with E-state index >= 15 is 0 Å². The molecule has 0 spiro atoms. The molecule has 1 aliphatic rings. The van der Waals surface area contributed by atoms with Gasteiger partial charge in [-0.25, -0.2) is 0 Å². The molecule has 80 valence electrons. The van der Waals surface area contributed by atoms with Crippen molar-refractivity contribution >= 4 is 17.4 Å². The van der Waals surface area contributed by atoms with Crippen LogP contribution in [0.5, 0.6) is 5.75 Å². The molecule has 0 bridgehead atoms. The molecule has 1 atom stereocenters. The van der Waals surface area contributed by atoms with E-state index in [9.17, 15) is 4.79 Å². The Hall–Kier alpha value is -1.02. The molecule has 2 rings (SSSR count). The first-order valence-electron chi connectivity index (χ1n) is 5.18. The topological polar surface area (TPSA) is 26.3 Å². The number of Topliss-reactive ketones (excluding diaryl/α,β-unsaturated/α-hetero) is 1. The highest BCUT2D eigenvalue weighted by atomic mass is 35.5. The Morgan fingerprint density at radius 1 is 1.60 bits per heavy atom. The van der Waals surface area contributed by atoms with Crippen LogP contribution in [0, 0.1) is 0 Å². The van der Waals surface area contributed by atoms with Gasteiger partial charge in [0.05, 0.1) is 0 Å². The van der Waals surface area contributed by atoms with Crippen LogP contribution in [0.15, 0.2) is 18.2 Å². The average molecular weight is 225 g/mol. The number of fused-ring (bicyclic) bond motifs is 1. The lowest BCUT2D eigenvalue weighted by Crippen LogP contribution is -2.24. The zero-order valence-corrected chi connectivity index (χ0v) is 9.38. The van der Waals surface area contributed by atoms with E-state index in [0.717, 1.165) is 17.7 Å². The number of benzene rings is 1. The number of carbonyl (C=O) groups excluding carboxylic acids is 1. The number of ether oxygens (including phenoxy) is 1. The van der Waals surface area contributed by atoms with Crippen LogP contribution in [0.25, 0.3) is 0 Å². The molecule has 3 heteroatoms. The van der Waals surface area contributed by atoms with E-state index in [0.29, 0.717) is 17.9 Å². The van der Waals surface area contributed by atoms with Gasteiger partial charge < -0.3 is 4.74 Å². The lowest BCUT2D eigenvalue weighted by atomic mass is 10.0. The Balaban J connectivity index is 2.12. The van der Waals surface area contributed by atoms with Crippen LogP contribution >= 0.6 is 11.6 Å². The van der Waals surface area contributed by atoms with Crippen LogP contribution in [-0.4, -0.2) is 11.9 Å². The Morgan fingerprint density at radius 2 is 2.40 bits per heavy atom. The fourth-order valence-corrected chi connectivity index (χ4v) is 2.00. The second-order valence-electron chi connectivity index (χ2n) is 3.78. The number of carbonyl (C=O) groups is 1. The van der Waals surface area contributed by atoms with Gasteiger partial charge in [-0.3, -0.25) is 4.79 Å². The summed E-state index contributed by atoms with van der Waals surface area (Å²) in [6, 6.07) is 5.49. The Bertz CT molecular complexity index is 387. The van der Waals surface area contributed by atoms with Crippen LogP contribution in [0.2, 0.25) is 5.02 Å². The van der Waals surface area contributed by atoms with E-state index in [2.05, 4.69) is 0 Å². The summed E-state index contributed by atoms with van der Waals surface area (Å²) in [6.45, 7) is 2.00. The summed E-state index contributed by atoms with van der Waals surface area (Å²) in [6.07, 6.45) is 1.83. The zero-order valence-electron chi connectivity index (χ0n) is 8.63. The molecule has 0 radical (unpaired) electrons. The highest BCUT2D eigenvalue weighted by molar-refractivity contribution is 6.30. The molecule has 0 amide bonds. The van der Waals surface area contributed by atoms with Crippen LogP contribution in [0.1, 0.15) is 25.3 Å². The standard InChI is InChI=1S/C12H13ClO2/c1-2-3-10(14)12-7-8-6-9(13)4-5-11(8)15-12/h4-6,12H,2-3,7H2,1H3. The van der Waals surface area contributed by atoms with E-state index in [1.807, 2.05) is 19.1 Å². The Morgan fingerprint density at radius 3 is 3.13 bits per heavy atom. The number of rotatable bonds is 3. The Labute approximate surface area is 94.2 Å². The van der Waals surface area contributed by atoms with Gasteiger partial charge in [-0.15, -0.1) is 0 Å². The van der Waals surface area contributed by atoms with Crippen molar-refractivity contribution in [2.24, 2.45) is 0 Å². The van der Waals surface area contributed by atoms with Crippen molar-refractivity contribution in [3.05, 3.63) is 28.8 Å². The van der Waals surface area contributed by atoms with Crippen molar-refractivity contribution in [1.82, 2.24) is 0 Å². The fraction of sp³-hybridized carbons (Fsp3) is 0.417. The van der Waals surface area contributed by atoms with Crippen LogP contribution < -0.4 is 4.74 Å².